The van der Waals surface area contributed by atoms with E-state index in [1.54, 1.807) is 11.3 Å². The zero-order chi connectivity index (χ0) is 17.8. The normalized spacial score (nSPS) is 11.0. The number of benzene rings is 1. The fourth-order valence-electron chi connectivity index (χ4n) is 2.73. The van der Waals surface area contributed by atoms with Gasteiger partial charge >= 0.3 is 0 Å². The zero-order valence-corrected chi connectivity index (χ0v) is 15.1. The second-order valence-electron chi connectivity index (χ2n) is 6.18. The summed E-state index contributed by atoms with van der Waals surface area (Å²) in [7, 11) is 0. The van der Waals surface area contributed by atoms with Crippen LogP contribution in [0.3, 0.4) is 0 Å². The van der Waals surface area contributed by atoms with Crippen LogP contribution in [-0.2, 0) is 11.3 Å². The van der Waals surface area contributed by atoms with E-state index in [0.717, 1.165) is 15.8 Å². The number of hydrogen-bond acceptors (Lipinski definition) is 3. The molecule has 2 N–H and O–H groups in total. The van der Waals surface area contributed by atoms with Crippen LogP contribution in [0.15, 0.2) is 47.8 Å². The van der Waals surface area contributed by atoms with Crippen molar-refractivity contribution in [2.75, 3.05) is 6.54 Å². The molecule has 0 radical (unpaired) electrons. The van der Waals surface area contributed by atoms with Crippen molar-refractivity contribution in [2.45, 2.75) is 26.4 Å². The van der Waals surface area contributed by atoms with Crippen molar-refractivity contribution in [1.82, 2.24) is 15.2 Å². The van der Waals surface area contributed by atoms with Gasteiger partial charge in [-0.25, -0.2) is 0 Å². The van der Waals surface area contributed by atoms with Gasteiger partial charge in [-0.15, -0.1) is 11.3 Å². The van der Waals surface area contributed by atoms with Gasteiger partial charge < -0.3 is 15.2 Å². The summed E-state index contributed by atoms with van der Waals surface area (Å²) in [6.45, 7) is 4.36. The molecule has 130 valence electrons. The second-order valence-corrected chi connectivity index (χ2v) is 7.12. The Kier molecular flexibility index (Phi) is 5.19. The first-order chi connectivity index (χ1) is 12.0. The lowest BCUT2D eigenvalue weighted by Crippen LogP contribution is -2.40. The van der Waals surface area contributed by atoms with Crippen molar-refractivity contribution in [3.8, 4) is 0 Å². The molecule has 25 heavy (non-hydrogen) atoms. The number of carbonyl (C=O) groups excluding carboxylic acids is 2. The maximum absolute atomic E-state index is 12.6. The van der Waals surface area contributed by atoms with Crippen molar-refractivity contribution in [1.29, 1.82) is 0 Å². The minimum Gasteiger partial charge on any atom is -0.352 e. The third kappa shape index (κ3) is 4.09. The van der Waals surface area contributed by atoms with E-state index in [0.29, 0.717) is 12.2 Å². The van der Waals surface area contributed by atoms with E-state index in [1.807, 2.05) is 66.3 Å². The van der Waals surface area contributed by atoms with Crippen LogP contribution in [-0.4, -0.2) is 29.0 Å². The highest BCUT2D eigenvalue weighted by Crippen LogP contribution is 2.26. The SMILES string of the molecule is CC(C)NC(=O)CNC(=O)c1cc2sccc2n1Cc1ccccc1. The van der Waals surface area contributed by atoms with Gasteiger partial charge in [0.25, 0.3) is 5.91 Å². The van der Waals surface area contributed by atoms with Crippen molar-refractivity contribution < 1.29 is 9.59 Å². The summed E-state index contributed by atoms with van der Waals surface area (Å²) in [5.41, 5.74) is 2.73. The second kappa shape index (κ2) is 7.53. The number of fused-ring (bicyclic) bond motifs is 1. The third-order valence-electron chi connectivity index (χ3n) is 3.80. The van der Waals surface area contributed by atoms with Gasteiger partial charge in [-0.2, -0.15) is 0 Å². The molecule has 2 amide bonds. The lowest BCUT2D eigenvalue weighted by Gasteiger charge is -2.12. The van der Waals surface area contributed by atoms with Gasteiger partial charge in [0.15, 0.2) is 0 Å². The number of thiophene rings is 1. The molecule has 0 unspecified atom stereocenters. The summed E-state index contributed by atoms with van der Waals surface area (Å²) in [6, 6.07) is 14.0. The summed E-state index contributed by atoms with van der Waals surface area (Å²) >= 11 is 1.60. The molecule has 0 saturated heterocycles. The van der Waals surface area contributed by atoms with E-state index in [2.05, 4.69) is 10.6 Å². The number of aromatic nitrogens is 1. The van der Waals surface area contributed by atoms with Crippen LogP contribution < -0.4 is 10.6 Å². The fourth-order valence-corrected chi connectivity index (χ4v) is 3.55. The lowest BCUT2D eigenvalue weighted by atomic mass is 10.2. The monoisotopic (exact) mass is 355 g/mol. The maximum atomic E-state index is 12.6. The number of nitrogens with one attached hydrogen (secondary N) is 2. The number of hydrogen-bond donors (Lipinski definition) is 2. The molecule has 1 aromatic carbocycles. The lowest BCUT2D eigenvalue weighted by molar-refractivity contribution is -0.120. The van der Waals surface area contributed by atoms with Crippen molar-refractivity contribution >= 4 is 33.4 Å². The van der Waals surface area contributed by atoms with Crippen molar-refractivity contribution in [3.05, 3.63) is 59.1 Å². The minimum atomic E-state index is -0.238. The van der Waals surface area contributed by atoms with Gasteiger partial charge in [-0.1, -0.05) is 30.3 Å². The standard InChI is InChI=1S/C19H21N3O2S/c1-13(2)21-18(23)11-20-19(24)16-10-17-15(8-9-25-17)22(16)12-14-6-4-3-5-7-14/h3-10,13H,11-12H2,1-2H3,(H,20,24)(H,21,23). The topological polar surface area (TPSA) is 63.1 Å². The number of rotatable bonds is 6. The van der Waals surface area contributed by atoms with E-state index < -0.39 is 0 Å². The minimum absolute atomic E-state index is 0.0266. The van der Waals surface area contributed by atoms with Crippen molar-refractivity contribution in [3.63, 3.8) is 0 Å². The highest BCUT2D eigenvalue weighted by atomic mass is 32.1. The summed E-state index contributed by atoms with van der Waals surface area (Å²) in [5, 5.41) is 7.50. The molecule has 0 saturated carbocycles. The van der Waals surface area contributed by atoms with Gasteiger partial charge in [0.05, 0.1) is 16.8 Å². The van der Waals surface area contributed by atoms with Gasteiger partial charge in [-0.3, -0.25) is 9.59 Å². The average molecular weight is 355 g/mol. The first-order valence-electron chi connectivity index (χ1n) is 8.23. The average Bonchev–Trinajstić information content (AvgIpc) is 3.16. The molecule has 2 heterocycles. The summed E-state index contributed by atoms with van der Waals surface area (Å²) in [4.78, 5) is 24.4. The molecule has 0 atom stereocenters. The van der Waals surface area contributed by atoms with Crippen LogP contribution in [0.1, 0.15) is 29.9 Å². The number of amides is 2. The molecule has 2 aromatic heterocycles. The zero-order valence-electron chi connectivity index (χ0n) is 14.3. The summed E-state index contributed by atoms with van der Waals surface area (Å²) < 4.78 is 3.06. The quantitative estimate of drug-likeness (QED) is 0.714. The van der Waals surface area contributed by atoms with E-state index in [4.69, 9.17) is 0 Å². The molecule has 5 nitrogen and oxygen atoms in total. The molecule has 0 aliphatic heterocycles. The smallest absolute Gasteiger partial charge is 0.268 e. The predicted molar refractivity (Wildman–Crippen MR) is 101 cm³/mol. The number of nitrogens with zero attached hydrogens (tertiary/aromatic N) is 1. The molecule has 0 fully saturated rings. The Morgan fingerprint density at radius 3 is 2.64 bits per heavy atom. The Balaban J connectivity index is 1.81. The highest BCUT2D eigenvalue weighted by Gasteiger charge is 2.17. The van der Waals surface area contributed by atoms with Crippen LogP contribution in [0.2, 0.25) is 0 Å². The van der Waals surface area contributed by atoms with Crippen LogP contribution in [0.25, 0.3) is 10.2 Å². The van der Waals surface area contributed by atoms with E-state index in [1.165, 1.54) is 0 Å². The van der Waals surface area contributed by atoms with Gasteiger partial charge in [0.2, 0.25) is 5.91 Å². The third-order valence-corrected chi connectivity index (χ3v) is 4.65. The largest absolute Gasteiger partial charge is 0.352 e. The highest BCUT2D eigenvalue weighted by molar-refractivity contribution is 7.17. The predicted octanol–water partition coefficient (Wildman–Crippen LogP) is 3.01. The maximum Gasteiger partial charge on any atom is 0.268 e. The Bertz CT molecular complexity index is 881. The molecular weight excluding hydrogens is 334 g/mol. The van der Waals surface area contributed by atoms with Crippen LogP contribution in [0, 0.1) is 0 Å². The Morgan fingerprint density at radius 1 is 1.16 bits per heavy atom. The molecule has 0 aliphatic rings. The molecule has 6 heteroatoms. The molecule has 3 rings (SSSR count). The molecule has 0 bridgehead atoms. The molecule has 0 spiro atoms. The Labute approximate surface area is 150 Å². The molecular formula is C19H21N3O2S. The Hall–Kier alpha value is -2.60. The molecule has 0 aliphatic carbocycles. The van der Waals surface area contributed by atoms with Crippen LogP contribution in [0.4, 0.5) is 0 Å². The van der Waals surface area contributed by atoms with Crippen LogP contribution >= 0.6 is 11.3 Å². The summed E-state index contributed by atoms with van der Waals surface area (Å²) in [5.74, 6) is -0.426. The van der Waals surface area contributed by atoms with E-state index >= 15 is 0 Å². The fraction of sp³-hybridized carbons (Fsp3) is 0.263. The first-order valence-corrected chi connectivity index (χ1v) is 9.11. The Morgan fingerprint density at radius 2 is 1.92 bits per heavy atom. The van der Waals surface area contributed by atoms with E-state index in [-0.39, 0.29) is 24.4 Å². The van der Waals surface area contributed by atoms with Crippen molar-refractivity contribution in [2.24, 2.45) is 0 Å². The first kappa shape index (κ1) is 17.2. The molecule has 3 aromatic rings. The van der Waals surface area contributed by atoms with Gasteiger partial charge in [-0.05, 0) is 36.9 Å². The van der Waals surface area contributed by atoms with Gasteiger partial charge in [0, 0.05) is 12.6 Å². The van der Waals surface area contributed by atoms with Gasteiger partial charge in [0.1, 0.15) is 5.69 Å². The van der Waals surface area contributed by atoms with E-state index in [9.17, 15) is 9.59 Å². The number of carbonyl (C=O) groups is 2. The summed E-state index contributed by atoms with van der Waals surface area (Å²) in [6.07, 6.45) is 0. The van der Waals surface area contributed by atoms with Crippen LogP contribution in [0.5, 0.6) is 0 Å².